The molecule has 0 unspecified atom stereocenters. The largest absolute Gasteiger partial charge is 0.480 e. The Kier molecular flexibility index (Phi) is 11.0. The first kappa shape index (κ1) is 21.7. The van der Waals surface area contributed by atoms with Crippen molar-refractivity contribution in [1.29, 1.82) is 5.26 Å². The van der Waals surface area contributed by atoms with Crippen molar-refractivity contribution >= 4 is 29.2 Å². The maximum atomic E-state index is 10.7. The third-order valence-electron chi connectivity index (χ3n) is 2.86. The van der Waals surface area contributed by atoms with Crippen molar-refractivity contribution < 1.29 is 19.4 Å². The molecule has 0 heterocycles. The molecule has 0 aliphatic heterocycles. The average Bonchev–Trinajstić information content (AvgIpc) is 2.57. The summed E-state index contributed by atoms with van der Waals surface area (Å²) in [5, 5.41) is 20.2. The lowest BCUT2D eigenvalue weighted by molar-refractivity contribution is -0.141. The number of nitrogens with two attached hydrogens (primary N) is 1. The number of anilines is 1. The van der Waals surface area contributed by atoms with E-state index in [4.69, 9.17) is 27.7 Å². The molecule has 0 radical (unpaired) electrons. The highest BCUT2D eigenvalue weighted by Crippen LogP contribution is 2.26. The van der Waals surface area contributed by atoms with Gasteiger partial charge in [-0.25, -0.2) is 0 Å². The normalized spacial score (nSPS) is 10.6. The minimum absolute atomic E-state index is 0.120. The van der Waals surface area contributed by atoms with Crippen LogP contribution in [0.5, 0.6) is 0 Å². The maximum absolute atomic E-state index is 10.7. The second-order valence-electron chi connectivity index (χ2n) is 4.66. The molecular weight excluding hydrogens is 334 g/mol. The monoisotopic (exact) mass is 355 g/mol. The lowest BCUT2D eigenvalue weighted by Gasteiger charge is -2.15. The van der Waals surface area contributed by atoms with Gasteiger partial charge in [0.15, 0.2) is 0 Å². The van der Waals surface area contributed by atoms with Gasteiger partial charge >= 0.3 is 11.9 Å². The van der Waals surface area contributed by atoms with Crippen LogP contribution in [0.4, 0.5) is 5.69 Å². The summed E-state index contributed by atoms with van der Waals surface area (Å²) in [5.74, 6) is -1.36. The van der Waals surface area contributed by atoms with E-state index in [0.717, 1.165) is 17.7 Å². The predicted octanol–water partition coefficient (Wildman–Crippen LogP) is 2.19. The molecular formula is C16H22ClN3O4. The molecule has 0 bridgehead atoms. The van der Waals surface area contributed by atoms with Crippen LogP contribution in [0.1, 0.15) is 25.8 Å². The standard InChI is InChI=1S/C11H14ClNO2.C5H8N2O2/c1-3-8-5-4-6-9(12)10(8)13-7(2)11(14)15;6-2-1-3-9-5(8)4-7/h4-7,13H,3H2,1-2H3,(H,14,15);1,3-4,7H2/t7-;/m0./s1. The Bertz CT molecular complexity index is 587. The number of halogens is 1. The number of nitrogens with one attached hydrogen (secondary N) is 1. The number of carboxylic acids is 1. The summed E-state index contributed by atoms with van der Waals surface area (Å²) in [6.07, 6.45) is 1.04. The molecule has 1 aromatic carbocycles. The van der Waals surface area contributed by atoms with Crippen molar-refractivity contribution in [2.45, 2.75) is 32.7 Å². The first-order valence-corrected chi connectivity index (χ1v) is 7.74. The molecule has 0 saturated heterocycles. The fourth-order valence-corrected chi connectivity index (χ4v) is 1.82. The second kappa shape index (κ2) is 12.2. The number of carbonyl (C=O) groups excluding carboxylic acids is 1. The molecule has 8 heteroatoms. The number of carbonyl (C=O) groups is 2. The van der Waals surface area contributed by atoms with Gasteiger partial charge in [-0.15, -0.1) is 0 Å². The molecule has 1 aromatic rings. The minimum atomic E-state index is -0.892. The number of hydrogen-bond donors (Lipinski definition) is 3. The van der Waals surface area contributed by atoms with Crippen LogP contribution in [0, 0.1) is 11.3 Å². The summed E-state index contributed by atoms with van der Waals surface area (Å²) in [6.45, 7) is 3.62. The van der Waals surface area contributed by atoms with Crippen LogP contribution in [0.2, 0.25) is 5.02 Å². The number of hydrogen-bond acceptors (Lipinski definition) is 6. The molecule has 7 nitrogen and oxygen atoms in total. The number of benzene rings is 1. The van der Waals surface area contributed by atoms with Crippen LogP contribution in [-0.4, -0.2) is 36.2 Å². The van der Waals surface area contributed by atoms with Crippen molar-refractivity contribution in [3.05, 3.63) is 28.8 Å². The van der Waals surface area contributed by atoms with Gasteiger partial charge in [0, 0.05) is 0 Å². The number of rotatable bonds is 7. The van der Waals surface area contributed by atoms with Gasteiger partial charge in [0.25, 0.3) is 0 Å². The number of nitrogens with zero attached hydrogens (tertiary/aromatic N) is 1. The van der Waals surface area contributed by atoms with E-state index in [2.05, 4.69) is 10.1 Å². The zero-order chi connectivity index (χ0) is 18.5. The van der Waals surface area contributed by atoms with Gasteiger partial charge in [-0.3, -0.25) is 9.59 Å². The van der Waals surface area contributed by atoms with Gasteiger partial charge in [-0.1, -0.05) is 30.7 Å². The molecule has 1 rings (SSSR count). The fourth-order valence-electron chi connectivity index (χ4n) is 1.57. The summed E-state index contributed by atoms with van der Waals surface area (Å²) in [4.78, 5) is 20.9. The Balaban J connectivity index is 0.000000506. The predicted molar refractivity (Wildman–Crippen MR) is 91.8 cm³/mol. The number of aryl methyl sites for hydroxylation is 1. The summed E-state index contributed by atoms with van der Waals surface area (Å²) in [6, 6.07) is 6.73. The topological polar surface area (TPSA) is 125 Å². The molecule has 4 N–H and O–H groups in total. The number of ether oxygens (including phenoxy) is 1. The molecule has 1 atom stereocenters. The van der Waals surface area contributed by atoms with Crippen molar-refractivity contribution in [1.82, 2.24) is 0 Å². The van der Waals surface area contributed by atoms with Crippen molar-refractivity contribution in [3.8, 4) is 6.07 Å². The molecule has 0 amide bonds. The highest BCUT2D eigenvalue weighted by atomic mass is 35.5. The maximum Gasteiger partial charge on any atom is 0.325 e. The van der Waals surface area contributed by atoms with E-state index in [0.29, 0.717) is 5.02 Å². The third kappa shape index (κ3) is 8.36. The van der Waals surface area contributed by atoms with E-state index in [1.165, 1.54) is 0 Å². The van der Waals surface area contributed by atoms with E-state index in [1.54, 1.807) is 13.0 Å². The Morgan fingerprint density at radius 2 is 2.17 bits per heavy atom. The fraction of sp³-hybridized carbons (Fsp3) is 0.438. The molecule has 0 aromatic heterocycles. The number of carboxylic acid groups (broad SMARTS) is 1. The van der Waals surface area contributed by atoms with Gasteiger partial charge in [0.1, 0.15) is 12.6 Å². The van der Waals surface area contributed by atoms with Crippen LogP contribution >= 0.6 is 11.6 Å². The first-order chi connectivity index (χ1) is 11.4. The molecule has 0 aliphatic carbocycles. The lowest BCUT2D eigenvalue weighted by atomic mass is 10.1. The summed E-state index contributed by atoms with van der Waals surface area (Å²) in [7, 11) is 0. The van der Waals surface area contributed by atoms with Crippen molar-refractivity contribution in [3.63, 3.8) is 0 Å². The average molecular weight is 356 g/mol. The van der Waals surface area contributed by atoms with Crippen molar-refractivity contribution in [2.75, 3.05) is 18.5 Å². The molecule has 0 aliphatic rings. The summed E-state index contributed by atoms with van der Waals surface area (Å²) in [5.41, 5.74) is 6.64. The second-order valence-corrected chi connectivity index (χ2v) is 5.07. The van der Waals surface area contributed by atoms with Gasteiger partial charge in [-0.2, -0.15) is 5.26 Å². The van der Waals surface area contributed by atoms with Crippen LogP contribution < -0.4 is 11.1 Å². The Hall–Kier alpha value is -2.30. The van der Waals surface area contributed by atoms with E-state index < -0.39 is 18.0 Å². The van der Waals surface area contributed by atoms with Crippen LogP contribution in [-0.2, 0) is 20.7 Å². The number of aliphatic carboxylic acids is 1. The Labute approximate surface area is 146 Å². The first-order valence-electron chi connectivity index (χ1n) is 7.36. The van der Waals surface area contributed by atoms with E-state index in [1.807, 2.05) is 25.1 Å². The molecule has 132 valence electrons. The van der Waals surface area contributed by atoms with Gasteiger partial charge < -0.3 is 20.9 Å². The molecule has 0 fully saturated rings. The highest BCUT2D eigenvalue weighted by Gasteiger charge is 2.13. The van der Waals surface area contributed by atoms with E-state index >= 15 is 0 Å². The Morgan fingerprint density at radius 1 is 1.50 bits per heavy atom. The molecule has 24 heavy (non-hydrogen) atoms. The SMILES string of the molecule is CCc1cccc(Cl)c1N[C@@H](C)C(=O)O.N#CCCOC(=O)CN. The van der Waals surface area contributed by atoms with Gasteiger partial charge in [0.2, 0.25) is 0 Å². The van der Waals surface area contributed by atoms with Crippen molar-refractivity contribution in [2.24, 2.45) is 5.73 Å². The van der Waals surface area contributed by atoms with Gasteiger partial charge in [0.05, 0.1) is 29.7 Å². The molecule has 0 spiro atoms. The zero-order valence-corrected chi connectivity index (χ0v) is 14.5. The number of para-hydroxylation sites is 1. The van der Waals surface area contributed by atoms with E-state index in [-0.39, 0.29) is 19.6 Å². The van der Waals surface area contributed by atoms with Gasteiger partial charge in [-0.05, 0) is 25.0 Å². The quantitative estimate of drug-likeness (QED) is 0.505. The van der Waals surface area contributed by atoms with Crippen LogP contribution in [0.25, 0.3) is 0 Å². The number of esters is 1. The molecule has 0 saturated carbocycles. The van der Waals surface area contributed by atoms with Crippen LogP contribution in [0.3, 0.4) is 0 Å². The van der Waals surface area contributed by atoms with E-state index in [9.17, 15) is 9.59 Å². The highest BCUT2D eigenvalue weighted by molar-refractivity contribution is 6.33. The lowest BCUT2D eigenvalue weighted by Crippen LogP contribution is -2.26. The summed E-state index contributed by atoms with van der Waals surface area (Å²) >= 11 is 6.00. The third-order valence-corrected chi connectivity index (χ3v) is 3.17. The zero-order valence-electron chi connectivity index (χ0n) is 13.7. The number of nitriles is 1. The van der Waals surface area contributed by atoms with Crippen LogP contribution in [0.15, 0.2) is 18.2 Å². The minimum Gasteiger partial charge on any atom is -0.480 e. The Morgan fingerprint density at radius 3 is 2.67 bits per heavy atom. The smallest absolute Gasteiger partial charge is 0.325 e. The summed E-state index contributed by atoms with van der Waals surface area (Å²) < 4.78 is 4.45.